The molecule has 0 aliphatic carbocycles. The number of nitrogens with zero attached hydrogens (tertiary/aromatic N) is 1. The van der Waals surface area contributed by atoms with Crippen LogP contribution in [0.25, 0.3) is 0 Å². The fourth-order valence-electron chi connectivity index (χ4n) is 4.09. The number of aryl methyl sites for hydroxylation is 1. The number of carbonyl (C=O) groups is 2. The number of halogens is 3. The normalized spacial score (nSPS) is 11.6. The van der Waals surface area contributed by atoms with Crippen LogP contribution in [0.4, 0.5) is 13.2 Å². The second-order valence-corrected chi connectivity index (χ2v) is 9.49. The van der Waals surface area contributed by atoms with Crippen molar-refractivity contribution in [3.8, 4) is 5.75 Å². The lowest BCUT2D eigenvalue weighted by Crippen LogP contribution is -2.32. The first kappa shape index (κ1) is 32.9. The van der Waals surface area contributed by atoms with Gasteiger partial charge in [0.1, 0.15) is 12.4 Å². The average Bonchev–Trinajstić information content (AvgIpc) is 2.86. The van der Waals surface area contributed by atoms with Crippen molar-refractivity contribution < 1.29 is 32.2 Å². The van der Waals surface area contributed by atoms with Crippen LogP contribution in [0.1, 0.15) is 96.5 Å². The predicted molar refractivity (Wildman–Crippen MR) is 141 cm³/mol. The Bertz CT molecular complexity index is 738. The topological polar surface area (TPSA) is 55.8 Å². The van der Waals surface area contributed by atoms with Crippen molar-refractivity contribution in [2.45, 2.75) is 103 Å². The highest BCUT2D eigenvalue weighted by Crippen LogP contribution is 2.20. The van der Waals surface area contributed by atoms with E-state index in [-0.39, 0.29) is 12.4 Å². The van der Waals surface area contributed by atoms with Crippen molar-refractivity contribution in [3.05, 3.63) is 29.8 Å². The predicted octanol–water partition coefficient (Wildman–Crippen LogP) is 7.31. The molecule has 0 aliphatic rings. The van der Waals surface area contributed by atoms with Crippen LogP contribution in [0.5, 0.6) is 5.75 Å². The molecule has 0 N–H and O–H groups in total. The molecular weight excluding hydrogens is 483 g/mol. The first-order chi connectivity index (χ1) is 17.8. The summed E-state index contributed by atoms with van der Waals surface area (Å²) in [6, 6.07) is 6.78. The third kappa shape index (κ3) is 17.1. The Kier molecular flexibility index (Phi) is 17.8. The summed E-state index contributed by atoms with van der Waals surface area (Å²) in [6.45, 7) is 7.02. The molecule has 1 aromatic carbocycles. The fraction of sp³-hybridized carbons (Fsp3) is 0.724. The molecular formula is C29H46F3NO4. The summed E-state index contributed by atoms with van der Waals surface area (Å²) in [5.74, 6) is -1.29. The van der Waals surface area contributed by atoms with Crippen LogP contribution in [0.3, 0.4) is 0 Å². The van der Waals surface area contributed by atoms with Crippen LogP contribution in [0, 0.1) is 0 Å². The summed E-state index contributed by atoms with van der Waals surface area (Å²) < 4.78 is 47.9. The molecule has 0 spiro atoms. The molecule has 1 aromatic rings. The van der Waals surface area contributed by atoms with Gasteiger partial charge in [-0.3, -0.25) is 14.5 Å². The second-order valence-electron chi connectivity index (χ2n) is 9.49. The van der Waals surface area contributed by atoms with Gasteiger partial charge >= 0.3 is 12.1 Å². The number of esters is 1. The minimum absolute atomic E-state index is 0.0408. The Morgan fingerprint density at radius 2 is 1.38 bits per heavy atom. The highest BCUT2D eigenvalue weighted by atomic mass is 19.4. The number of hydrogen-bond donors (Lipinski definition) is 0. The Hall–Kier alpha value is -2.09. The summed E-state index contributed by atoms with van der Waals surface area (Å²) in [4.78, 5) is 25.1. The van der Waals surface area contributed by atoms with Crippen LogP contribution in [-0.4, -0.2) is 55.7 Å². The molecule has 1 rings (SSSR count). The maximum absolute atomic E-state index is 12.4. The molecule has 0 atom stereocenters. The number of hydrogen-bond acceptors (Lipinski definition) is 5. The third-order valence-corrected chi connectivity index (χ3v) is 6.32. The van der Waals surface area contributed by atoms with Gasteiger partial charge in [-0.25, -0.2) is 0 Å². The van der Waals surface area contributed by atoms with E-state index in [9.17, 15) is 22.8 Å². The molecule has 5 nitrogen and oxygen atoms in total. The highest BCUT2D eigenvalue weighted by molar-refractivity contribution is 5.84. The Balaban J connectivity index is 2.36. The van der Waals surface area contributed by atoms with Crippen LogP contribution in [0.15, 0.2) is 24.3 Å². The van der Waals surface area contributed by atoms with Crippen LogP contribution in [0.2, 0.25) is 0 Å². The van der Waals surface area contributed by atoms with Gasteiger partial charge in [-0.05, 0) is 44.0 Å². The van der Waals surface area contributed by atoms with Crippen LogP contribution >= 0.6 is 0 Å². The van der Waals surface area contributed by atoms with Crippen molar-refractivity contribution in [2.24, 2.45) is 0 Å². The second kappa shape index (κ2) is 19.9. The van der Waals surface area contributed by atoms with Crippen LogP contribution in [-0.2, 0) is 20.7 Å². The molecule has 0 heterocycles. The largest absolute Gasteiger partial charge is 0.492 e. The molecule has 37 heavy (non-hydrogen) atoms. The van der Waals surface area contributed by atoms with Crippen LogP contribution < -0.4 is 4.74 Å². The number of ketones is 1. The van der Waals surface area contributed by atoms with Crippen molar-refractivity contribution >= 4 is 11.8 Å². The molecule has 0 aliphatic heterocycles. The molecule has 212 valence electrons. The first-order valence-corrected chi connectivity index (χ1v) is 14.0. The quantitative estimate of drug-likeness (QED) is 0.116. The molecule has 0 bridgehead atoms. The summed E-state index contributed by atoms with van der Waals surface area (Å²) in [6.07, 6.45) is 7.74. The zero-order valence-corrected chi connectivity index (χ0v) is 22.8. The number of alkyl halides is 3. The monoisotopic (exact) mass is 529 g/mol. The molecule has 0 radical (unpaired) electrons. The number of unbranched alkanes of at least 4 members (excludes halogenated alkanes) is 9. The maximum Gasteiger partial charge on any atom is 0.449 e. The minimum Gasteiger partial charge on any atom is -0.492 e. The van der Waals surface area contributed by atoms with Crippen molar-refractivity contribution in [1.82, 2.24) is 4.90 Å². The van der Waals surface area contributed by atoms with Gasteiger partial charge in [0.15, 0.2) is 0 Å². The van der Waals surface area contributed by atoms with E-state index in [1.165, 1.54) is 57.8 Å². The Labute approximate surface area is 221 Å². The van der Waals surface area contributed by atoms with Gasteiger partial charge in [0.25, 0.3) is 0 Å². The van der Waals surface area contributed by atoms with Gasteiger partial charge in [0.2, 0.25) is 5.78 Å². The molecule has 0 amide bonds. The first-order valence-electron chi connectivity index (χ1n) is 14.0. The van der Waals surface area contributed by atoms with Crippen molar-refractivity contribution in [1.29, 1.82) is 0 Å². The zero-order valence-electron chi connectivity index (χ0n) is 22.8. The van der Waals surface area contributed by atoms with Gasteiger partial charge in [0.05, 0.1) is 13.0 Å². The van der Waals surface area contributed by atoms with Gasteiger partial charge in [-0.1, -0.05) is 76.8 Å². The Morgan fingerprint density at radius 3 is 1.95 bits per heavy atom. The van der Waals surface area contributed by atoms with Gasteiger partial charge < -0.3 is 9.47 Å². The molecule has 8 heteroatoms. The molecule has 0 unspecified atom stereocenters. The summed E-state index contributed by atoms with van der Waals surface area (Å²) in [5, 5.41) is 0. The van der Waals surface area contributed by atoms with Crippen molar-refractivity contribution in [3.63, 3.8) is 0 Å². The van der Waals surface area contributed by atoms with Crippen molar-refractivity contribution in [2.75, 3.05) is 32.8 Å². The number of Topliss-reactive ketones (excluding diaryl/α,β-unsaturated/α-hetero) is 1. The fourth-order valence-corrected chi connectivity index (χ4v) is 4.09. The number of rotatable bonds is 22. The lowest BCUT2D eigenvalue weighted by Gasteiger charge is -2.22. The number of carbonyl (C=O) groups excluding carboxylic acids is 2. The molecule has 0 saturated heterocycles. The van der Waals surface area contributed by atoms with Gasteiger partial charge in [0, 0.05) is 19.5 Å². The average molecular weight is 530 g/mol. The van der Waals surface area contributed by atoms with E-state index in [4.69, 9.17) is 9.47 Å². The van der Waals surface area contributed by atoms with E-state index in [1.807, 2.05) is 0 Å². The van der Waals surface area contributed by atoms with E-state index in [2.05, 4.69) is 11.8 Å². The van der Waals surface area contributed by atoms with Gasteiger partial charge in [-0.15, -0.1) is 0 Å². The standard InChI is InChI=1S/C29H46F3NO4/c1-3-5-6-7-8-9-10-11-12-13-21-33(22-20-28(35)36-4-2)23-24-37-26-17-14-25(15-18-26)16-19-27(34)29(30,31)32/h14-15,17-18H,3-13,16,19-24H2,1-2H3. The molecule has 0 fully saturated rings. The smallest absolute Gasteiger partial charge is 0.449 e. The summed E-state index contributed by atoms with van der Waals surface area (Å²) >= 11 is 0. The van der Waals surface area contributed by atoms with Gasteiger partial charge in [-0.2, -0.15) is 13.2 Å². The highest BCUT2D eigenvalue weighted by Gasteiger charge is 2.37. The lowest BCUT2D eigenvalue weighted by atomic mass is 10.1. The van der Waals surface area contributed by atoms with E-state index in [0.29, 0.717) is 44.0 Å². The zero-order chi connectivity index (χ0) is 27.4. The lowest BCUT2D eigenvalue weighted by molar-refractivity contribution is -0.171. The number of benzene rings is 1. The van der Waals surface area contributed by atoms with E-state index < -0.39 is 18.4 Å². The summed E-state index contributed by atoms with van der Waals surface area (Å²) in [7, 11) is 0. The molecule has 0 aromatic heterocycles. The van der Waals surface area contributed by atoms with E-state index in [0.717, 1.165) is 13.0 Å². The minimum atomic E-state index is -4.78. The maximum atomic E-state index is 12.4. The van der Waals surface area contributed by atoms with E-state index in [1.54, 1.807) is 31.2 Å². The SMILES string of the molecule is CCCCCCCCCCCCN(CCOc1ccc(CCC(=O)C(F)(F)F)cc1)CCC(=O)OCC. The number of ether oxygens (including phenoxy) is 2. The summed E-state index contributed by atoms with van der Waals surface area (Å²) in [5.41, 5.74) is 0.655. The third-order valence-electron chi connectivity index (χ3n) is 6.32. The van der Waals surface area contributed by atoms with E-state index >= 15 is 0 Å². The molecule has 0 saturated carbocycles. The Morgan fingerprint density at radius 1 is 0.784 bits per heavy atom.